The van der Waals surface area contributed by atoms with Crippen molar-refractivity contribution >= 4 is 22.8 Å². The minimum Gasteiger partial charge on any atom is -0.327 e. The van der Waals surface area contributed by atoms with Crippen molar-refractivity contribution in [1.29, 1.82) is 0 Å². The minimum absolute atomic E-state index is 0.144. The van der Waals surface area contributed by atoms with Crippen LogP contribution in [-0.4, -0.2) is 35.1 Å². The molecule has 0 aliphatic rings. The molecule has 4 heteroatoms. The molecule has 1 heterocycles. The van der Waals surface area contributed by atoms with Crippen molar-refractivity contribution in [2.45, 2.75) is 23.1 Å². The fourth-order valence-corrected chi connectivity index (χ4v) is 4.77. The summed E-state index contributed by atoms with van der Waals surface area (Å²) in [5, 5.41) is 0.144. The van der Waals surface area contributed by atoms with Gasteiger partial charge in [-0.2, -0.15) is 0 Å². The second-order valence-corrected chi connectivity index (χ2v) is 8.67. The van der Waals surface area contributed by atoms with Gasteiger partial charge in [-0.3, -0.25) is 0 Å². The lowest BCUT2D eigenvalue weighted by Gasteiger charge is -2.20. The van der Waals surface area contributed by atoms with Gasteiger partial charge < -0.3 is 9.47 Å². The summed E-state index contributed by atoms with van der Waals surface area (Å²) in [5.41, 5.74) is 3.57. The van der Waals surface area contributed by atoms with Crippen LogP contribution in [0.4, 0.5) is 0 Å². The van der Waals surface area contributed by atoms with Gasteiger partial charge in [0.2, 0.25) is 0 Å². The first kappa shape index (κ1) is 19.7. The molecule has 1 atom stereocenters. The van der Waals surface area contributed by atoms with Gasteiger partial charge in [-0.05, 0) is 56.9 Å². The first-order valence-electron chi connectivity index (χ1n) is 10.1. The number of rotatable bonds is 8. The third-order valence-corrected chi connectivity index (χ3v) is 6.27. The zero-order chi connectivity index (χ0) is 20.1. The van der Waals surface area contributed by atoms with Gasteiger partial charge >= 0.3 is 0 Å². The Morgan fingerprint density at radius 1 is 0.862 bits per heavy atom. The molecule has 4 rings (SSSR count). The Balaban J connectivity index is 1.78. The van der Waals surface area contributed by atoms with Crippen LogP contribution in [0.15, 0.2) is 89.8 Å². The third kappa shape index (κ3) is 4.72. The molecule has 4 aromatic rings. The minimum atomic E-state index is 0.144. The van der Waals surface area contributed by atoms with Gasteiger partial charge in [-0.1, -0.05) is 60.7 Å². The predicted molar refractivity (Wildman–Crippen MR) is 123 cm³/mol. The molecule has 29 heavy (non-hydrogen) atoms. The number of benzene rings is 3. The molecule has 0 bridgehead atoms. The second kappa shape index (κ2) is 9.29. The first-order valence-corrected chi connectivity index (χ1v) is 11.0. The van der Waals surface area contributed by atoms with E-state index < -0.39 is 0 Å². The van der Waals surface area contributed by atoms with Crippen molar-refractivity contribution in [3.8, 4) is 0 Å². The summed E-state index contributed by atoms with van der Waals surface area (Å²) in [6.07, 6.45) is 1.10. The van der Waals surface area contributed by atoms with E-state index in [1.807, 2.05) is 11.8 Å². The van der Waals surface area contributed by atoms with Gasteiger partial charge in [0.05, 0.1) is 16.3 Å². The molecule has 0 fully saturated rings. The molecule has 0 saturated heterocycles. The van der Waals surface area contributed by atoms with Gasteiger partial charge in [-0.15, -0.1) is 11.8 Å². The lowest BCUT2D eigenvalue weighted by Crippen LogP contribution is -2.16. The van der Waals surface area contributed by atoms with E-state index in [-0.39, 0.29) is 5.25 Å². The molecule has 0 aliphatic carbocycles. The fourth-order valence-electron chi connectivity index (χ4n) is 3.61. The van der Waals surface area contributed by atoms with E-state index in [4.69, 9.17) is 4.98 Å². The van der Waals surface area contributed by atoms with Crippen LogP contribution in [0.2, 0.25) is 0 Å². The number of imidazole rings is 1. The summed E-state index contributed by atoms with van der Waals surface area (Å²) in [4.78, 5) is 8.61. The van der Waals surface area contributed by atoms with Crippen LogP contribution in [0.5, 0.6) is 0 Å². The van der Waals surface area contributed by atoms with Gasteiger partial charge in [-0.25, -0.2) is 4.98 Å². The van der Waals surface area contributed by atoms with Crippen molar-refractivity contribution in [3.63, 3.8) is 0 Å². The summed E-state index contributed by atoms with van der Waals surface area (Å²) in [6, 6.07) is 29.9. The van der Waals surface area contributed by atoms with E-state index >= 15 is 0 Å². The monoisotopic (exact) mass is 401 g/mol. The van der Waals surface area contributed by atoms with E-state index in [1.54, 1.807) is 0 Å². The largest absolute Gasteiger partial charge is 0.327 e. The van der Waals surface area contributed by atoms with Crippen LogP contribution >= 0.6 is 11.8 Å². The lowest BCUT2D eigenvalue weighted by molar-refractivity contribution is 0.386. The molecule has 0 saturated carbocycles. The van der Waals surface area contributed by atoms with Crippen LogP contribution in [0.1, 0.15) is 23.1 Å². The van der Waals surface area contributed by atoms with E-state index in [2.05, 4.69) is 108 Å². The molecule has 3 aromatic carbocycles. The molecule has 0 aliphatic heterocycles. The predicted octanol–water partition coefficient (Wildman–Crippen LogP) is 5.87. The van der Waals surface area contributed by atoms with Crippen molar-refractivity contribution in [2.75, 3.05) is 20.6 Å². The number of para-hydroxylation sites is 2. The summed E-state index contributed by atoms with van der Waals surface area (Å²) < 4.78 is 2.42. The molecule has 1 aromatic heterocycles. The smallest absolute Gasteiger partial charge is 0.127 e. The Labute approximate surface area is 177 Å². The van der Waals surface area contributed by atoms with E-state index in [1.165, 1.54) is 16.0 Å². The van der Waals surface area contributed by atoms with Crippen LogP contribution in [0.25, 0.3) is 11.0 Å². The van der Waals surface area contributed by atoms with Crippen LogP contribution < -0.4 is 0 Å². The molecule has 0 radical (unpaired) electrons. The number of hydrogen-bond donors (Lipinski definition) is 0. The highest BCUT2D eigenvalue weighted by Crippen LogP contribution is 2.41. The Morgan fingerprint density at radius 2 is 1.52 bits per heavy atom. The fraction of sp³-hybridized carbons (Fsp3) is 0.240. The Morgan fingerprint density at radius 3 is 2.24 bits per heavy atom. The van der Waals surface area contributed by atoms with Crippen molar-refractivity contribution in [2.24, 2.45) is 0 Å². The number of aryl methyl sites for hydroxylation is 1. The average molecular weight is 402 g/mol. The number of thioether (sulfide) groups is 1. The number of hydrogen-bond acceptors (Lipinski definition) is 3. The van der Waals surface area contributed by atoms with Gasteiger partial charge in [0, 0.05) is 11.4 Å². The van der Waals surface area contributed by atoms with Gasteiger partial charge in [0.1, 0.15) is 5.82 Å². The summed E-state index contributed by atoms with van der Waals surface area (Å²) in [5.74, 6) is 1.13. The first-order chi connectivity index (χ1) is 14.2. The number of aromatic nitrogens is 2. The van der Waals surface area contributed by atoms with Gasteiger partial charge in [0.15, 0.2) is 0 Å². The standard InChI is InChI=1S/C25H27N3S/c1-27(2)18-11-19-28-23-17-10-9-16-22(23)26-25(28)24(20-12-5-3-6-13-20)29-21-14-7-4-8-15-21/h3-10,12-17,24H,11,18-19H2,1-2H3. The van der Waals surface area contributed by atoms with Crippen LogP contribution in [0, 0.1) is 0 Å². The zero-order valence-electron chi connectivity index (χ0n) is 17.0. The molecular weight excluding hydrogens is 374 g/mol. The molecule has 0 N–H and O–H groups in total. The molecular formula is C25H27N3S. The van der Waals surface area contributed by atoms with Crippen molar-refractivity contribution < 1.29 is 0 Å². The third-order valence-electron chi connectivity index (χ3n) is 5.01. The Bertz CT molecular complexity index is 1040. The molecule has 148 valence electrons. The topological polar surface area (TPSA) is 21.1 Å². The maximum atomic E-state index is 5.11. The molecule has 3 nitrogen and oxygen atoms in total. The zero-order valence-corrected chi connectivity index (χ0v) is 17.8. The van der Waals surface area contributed by atoms with E-state index in [0.717, 1.165) is 30.9 Å². The van der Waals surface area contributed by atoms with Crippen LogP contribution in [0.3, 0.4) is 0 Å². The highest BCUT2D eigenvalue weighted by atomic mass is 32.2. The van der Waals surface area contributed by atoms with Crippen molar-refractivity contribution in [1.82, 2.24) is 14.5 Å². The summed E-state index contributed by atoms with van der Waals surface area (Å²) in [6.45, 7) is 2.03. The maximum Gasteiger partial charge on any atom is 0.127 e. The SMILES string of the molecule is CN(C)CCCn1c(C(Sc2ccccc2)c2ccccc2)nc2ccccc21. The highest BCUT2D eigenvalue weighted by molar-refractivity contribution is 7.99. The van der Waals surface area contributed by atoms with Gasteiger partial charge in [0.25, 0.3) is 0 Å². The maximum absolute atomic E-state index is 5.11. The van der Waals surface area contributed by atoms with Crippen molar-refractivity contribution in [3.05, 3.63) is 96.3 Å². The highest BCUT2D eigenvalue weighted by Gasteiger charge is 2.23. The number of nitrogens with zero attached hydrogens (tertiary/aromatic N) is 3. The molecule has 0 amide bonds. The Kier molecular flexibility index (Phi) is 6.33. The normalized spacial score (nSPS) is 12.5. The summed E-state index contributed by atoms with van der Waals surface area (Å²) in [7, 11) is 4.26. The second-order valence-electron chi connectivity index (χ2n) is 7.49. The van der Waals surface area contributed by atoms with E-state index in [0.29, 0.717) is 0 Å². The summed E-state index contributed by atoms with van der Waals surface area (Å²) >= 11 is 1.87. The average Bonchev–Trinajstić information content (AvgIpc) is 3.11. The van der Waals surface area contributed by atoms with E-state index in [9.17, 15) is 0 Å². The van der Waals surface area contributed by atoms with Crippen LogP contribution in [-0.2, 0) is 6.54 Å². The molecule has 0 spiro atoms. The Hall–Kier alpha value is -2.56. The quantitative estimate of drug-likeness (QED) is 0.345. The number of fused-ring (bicyclic) bond motifs is 1. The molecule has 1 unspecified atom stereocenters. The lowest BCUT2D eigenvalue weighted by atomic mass is 10.1.